The Balaban J connectivity index is 1.91. The van der Waals surface area contributed by atoms with Crippen LogP contribution in [0.4, 0.5) is 0 Å². The summed E-state index contributed by atoms with van der Waals surface area (Å²) in [6.07, 6.45) is 4.60. The van der Waals surface area contributed by atoms with Crippen molar-refractivity contribution in [3.63, 3.8) is 0 Å². The third kappa shape index (κ3) is 2.77. The van der Waals surface area contributed by atoms with Crippen LogP contribution in [0.2, 0.25) is 0 Å². The number of aromatic amines is 1. The molecule has 0 atom stereocenters. The van der Waals surface area contributed by atoms with E-state index in [4.69, 9.17) is 4.74 Å². The highest BCUT2D eigenvalue weighted by Crippen LogP contribution is 2.43. The van der Waals surface area contributed by atoms with Gasteiger partial charge >= 0.3 is 0 Å². The molecule has 1 N–H and O–H groups in total. The van der Waals surface area contributed by atoms with E-state index in [1.54, 1.807) is 15.5 Å². The molecule has 1 aromatic heterocycles. The van der Waals surface area contributed by atoms with Crippen LogP contribution in [-0.2, 0) is 31.5 Å². The SMILES string of the molecule is COCC(=O)N1CCC2(CC1)c1nc[nH]c1CCN2S(C)(=O)=O. The highest BCUT2D eigenvalue weighted by Gasteiger charge is 2.50. The van der Waals surface area contributed by atoms with Gasteiger partial charge in [-0.25, -0.2) is 13.4 Å². The molecule has 8 nitrogen and oxygen atoms in total. The van der Waals surface area contributed by atoms with Crippen molar-refractivity contribution in [3.8, 4) is 0 Å². The van der Waals surface area contributed by atoms with Gasteiger partial charge in [-0.3, -0.25) is 4.79 Å². The van der Waals surface area contributed by atoms with Crippen LogP contribution in [0.5, 0.6) is 0 Å². The number of hydrogen-bond acceptors (Lipinski definition) is 5. The predicted molar refractivity (Wildman–Crippen MR) is 83.2 cm³/mol. The molecule has 1 amide bonds. The molecule has 1 aromatic rings. The molecule has 0 saturated carbocycles. The molecule has 0 unspecified atom stereocenters. The number of H-pyrrole nitrogens is 1. The standard InChI is InChI=1S/C14H22N4O4S/c1-22-9-12(19)17-7-4-14(5-8-17)13-11(15-10-16-13)3-6-18(14)23(2,20)21/h10H,3-9H2,1-2H3,(H,15,16). The van der Waals surface area contributed by atoms with Crippen molar-refractivity contribution in [1.29, 1.82) is 0 Å². The molecule has 0 radical (unpaired) electrons. The summed E-state index contributed by atoms with van der Waals surface area (Å²) >= 11 is 0. The minimum atomic E-state index is -3.35. The van der Waals surface area contributed by atoms with Crippen LogP contribution in [0, 0.1) is 0 Å². The van der Waals surface area contributed by atoms with Gasteiger partial charge in [0, 0.05) is 38.9 Å². The molecule has 128 valence electrons. The van der Waals surface area contributed by atoms with Crippen molar-refractivity contribution in [2.24, 2.45) is 0 Å². The average Bonchev–Trinajstić information content (AvgIpc) is 2.97. The predicted octanol–water partition coefficient (Wildman–Crippen LogP) is -0.308. The second kappa shape index (κ2) is 5.88. The number of carbonyl (C=O) groups excluding carboxylic acids is 1. The number of fused-ring (bicyclic) bond motifs is 2. The number of carbonyl (C=O) groups is 1. The fraction of sp³-hybridized carbons (Fsp3) is 0.714. The Morgan fingerprint density at radius 3 is 2.70 bits per heavy atom. The third-order valence-corrected chi connectivity index (χ3v) is 6.15. The third-order valence-electron chi connectivity index (χ3n) is 4.81. The Morgan fingerprint density at radius 1 is 1.39 bits per heavy atom. The lowest BCUT2D eigenvalue weighted by atomic mass is 9.80. The molecule has 3 heterocycles. The van der Waals surface area contributed by atoms with Crippen LogP contribution in [0.3, 0.4) is 0 Å². The molecule has 2 aliphatic rings. The van der Waals surface area contributed by atoms with E-state index in [-0.39, 0.29) is 12.5 Å². The van der Waals surface area contributed by atoms with Crippen LogP contribution >= 0.6 is 0 Å². The number of nitrogens with one attached hydrogen (secondary N) is 1. The summed E-state index contributed by atoms with van der Waals surface area (Å²) in [5.41, 5.74) is 1.17. The topological polar surface area (TPSA) is 95.6 Å². The van der Waals surface area contributed by atoms with E-state index in [2.05, 4.69) is 9.97 Å². The van der Waals surface area contributed by atoms with Crippen molar-refractivity contribution in [1.82, 2.24) is 19.2 Å². The number of ether oxygens (including phenoxy) is 1. The second-order valence-corrected chi connectivity index (χ2v) is 8.07. The van der Waals surface area contributed by atoms with Gasteiger partial charge in [-0.1, -0.05) is 0 Å². The van der Waals surface area contributed by atoms with E-state index in [1.807, 2.05) is 0 Å². The van der Waals surface area contributed by atoms with E-state index in [1.165, 1.54) is 13.4 Å². The van der Waals surface area contributed by atoms with Crippen LogP contribution in [-0.4, -0.2) is 73.1 Å². The Kier molecular flexibility index (Phi) is 4.19. The minimum absolute atomic E-state index is 0.0520. The van der Waals surface area contributed by atoms with E-state index in [0.717, 1.165) is 11.4 Å². The summed E-state index contributed by atoms with van der Waals surface area (Å²) in [6, 6.07) is 0. The summed E-state index contributed by atoms with van der Waals surface area (Å²) in [6.45, 7) is 1.50. The lowest BCUT2D eigenvalue weighted by Crippen LogP contribution is -2.58. The normalized spacial score (nSPS) is 21.4. The molecule has 2 aliphatic heterocycles. The first-order valence-electron chi connectivity index (χ1n) is 7.66. The fourth-order valence-corrected chi connectivity index (χ4v) is 5.10. The van der Waals surface area contributed by atoms with Gasteiger partial charge in [0.1, 0.15) is 6.61 Å². The van der Waals surface area contributed by atoms with Crippen molar-refractivity contribution < 1.29 is 17.9 Å². The molecule has 1 fully saturated rings. The number of sulfonamides is 1. The number of hydrogen-bond donors (Lipinski definition) is 1. The fourth-order valence-electron chi connectivity index (χ4n) is 3.77. The van der Waals surface area contributed by atoms with Gasteiger partial charge in [-0.15, -0.1) is 0 Å². The number of methoxy groups -OCH3 is 1. The van der Waals surface area contributed by atoms with Crippen LogP contribution < -0.4 is 0 Å². The highest BCUT2D eigenvalue weighted by atomic mass is 32.2. The van der Waals surface area contributed by atoms with Gasteiger partial charge in [0.15, 0.2) is 0 Å². The number of likely N-dealkylation sites (tertiary alicyclic amines) is 1. The number of nitrogens with zero attached hydrogens (tertiary/aromatic N) is 3. The second-order valence-electron chi connectivity index (χ2n) is 6.16. The maximum absolute atomic E-state index is 12.3. The lowest BCUT2D eigenvalue weighted by Gasteiger charge is -2.49. The number of piperidine rings is 1. The van der Waals surface area contributed by atoms with Gasteiger partial charge in [-0.05, 0) is 12.8 Å². The van der Waals surface area contributed by atoms with E-state index in [9.17, 15) is 13.2 Å². The largest absolute Gasteiger partial charge is 0.375 e. The summed E-state index contributed by atoms with van der Waals surface area (Å²) in [4.78, 5) is 21.3. The molecule has 9 heteroatoms. The van der Waals surface area contributed by atoms with Crippen molar-refractivity contribution in [2.45, 2.75) is 24.8 Å². The molecule has 3 rings (SSSR count). The average molecular weight is 342 g/mol. The lowest BCUT2D eigenvalue weighted by molar-refractivity contribution is -0.137. The molecule has 1 saturated heterocycles. The molecule has 23 heavy (non-hydrogen) atoms. The van der Waals surface area contributed by atoms with Crippen molar-refractivity contribution >= 4 is 15.9 Å². The quantitative estimate of drug-likeness (QED) is 0.813. The Bertz CT molecular complexity index is 691. The molecular weight excluding hydrogens is 320 g/mol. The van der Waals surface area contributed by atoms with E-state index < -0.39 is 15.6 Å². The number of rotatable bonds is 3. The zero-order valence-electron chi connectivity index (χ0n) is 13.4. The summed E-state index contributed by atoms with van der Waals surface area (Å²) in [5.74, 6) is -0.0636. The first kappa shape index (κ1) is 16.4. The monoisotopic (exact) mass is 342 g/mol. The van der Waals surface area contributed by atoms with Gasteiger partial charge in [0.05, 0.1) is 23.8 Å². The maximum atomic E-state index is 12.3. The van der Waals surface area contributed by atoms with Crippen molar-refractivity contribution in [3.05, 3.63) is 17.7 Å². The van der Waals surface area contributed by atoms with Gasteiger partial charge in [-0.2, -0.15) is 4.31 Å². The van der Waals surface area contributed by atoms with Crippen molar-refractivity contribution in [2.75, 3.05) is 39.6 Å². The summed E-state index contributed by atoms with van der Waals surface area (Å²) in [7, 11) is -1.86. The Morgan fingerprint density at radius 2 is 2.09 bits per heavy atom. The molecular formula is C14H22N4O4S. The first-order valence-corrected chi connectivity index (χ1v) is 9.50. The van der Waals surface area contributed by atoms with Gasteiger partial charge < -0.3 is 14.6 Å². The van der Waals surface area contributed by atoms with E-state index in [0.29, 0.717) is 38.9 Å². The zero-order chi connectivity index (χ0) is 16.7. The molecule has 0 aliphatic carbocycles. The summed E-state index contributed by atoms with van der Waals surface area (Å²) < 4.78 is 31.1. The summed E-state index contributed by atoms with van der Waals surface area (Å²) in [5, 5.41) is 0. The van der Waals surface area contributed by atoms with E-state index >= 15 is 0 Å². The highest BCUT2D eigenvalue weighted by molar-refractivity contribution is 7.88. The van der Waals surface area contributed by atoms with Gasteiger partial charge in [0.2, 0.25) is 15.9 Å². The van der Waals surface area contributed by atoms with Crippen LogP contribution in [0.1, 0.15) is 24.2 Å². The van der Waals surface area contributed by atoms with Crippen LogP contribution in [0.15, 0.2) is 6.33 Å². The Hall–Kier alpha value is -1.45. The molecule has 0 bridgehead atoms. The molecule has 1 spiro atoms. The molecule has 0 aromatic carbocycles. The first-order chi connectivity index (χ1) is 10.9. The minimum Gasteiger partial charge on any atom is -0.375 e. The number of amides is 1. The smallest absolute Gasteiger partial charge is 0.248 e. The maximum Gasteiger partial charge on any atom is 0.248 e. The zero-order valence-corrected chi connectivity index (χ0v) is 14.2. The Labute approximate surface area is 135 Å². The number of imidazole rings is 1. The number of aromatic nitrogens is 2. The van der Waals surface area contributed by atoms with Gasteiger partial charge in [0.25, 0.3) is 0 Å². The van der Waals surface area contributed by atoms with Crippen LogP contribution in [0.25, 0.3) is 0 Å².